The molecule has 0 N–H and O–H groups in total. The number of likely N-dealkylation sites (N-methyl/N-ethyl adjacent to an activating group) is 1. The third-order valence-corrected chi connectivity index (χ3v) is 3.32. The van der Waals surface area contributed by atoms with Crippen molar-refractivity contribution >= 4 is 5.91 Å². The number of hydrogen-bond acceptors (Lipinski definition) is 2. The van der Waals surface area contributed by atoms with E-state index in [9.17, 15) is 4.79 Å². The maximum absolute atomic E-state index is 11.8. The van der Waals surface area contributed by atoms with E-state index in [1.165, 1.54) is 0 Å². The van der Waals surface area contributed by atoms with Crippen molar-refractivity contribution in [3.05, 3.63) is 0 Å². The molecule has 0 atom stereocenters. The Morgan fingerprint density at radius 2 is 1.62 bits per heavy atom. The van der Waals surface area contributed by atoms with Crippen molar-refractivity contribution in [1.82, 2.24) is 9.80 Å². The second-order valence-corrected chi connectivity index (χ2v) is 5.46. The van der Waals surface area contributed by atoms with Gasteiger partial charge in [-0.2, -0.15) is 0 Å². The summed E-state index contributed by atoms with van der Waals surface area (Å²) in [6, 6.07) is 1.09. The largest absolute Gasteiger partial charge is 0.344 e. The van der Waals surface area contributed by atoms with Gasteiger partial charge in [-0.3, -0.25) is 9.69 Å². The molecule has 0 unspecified atom stereocenters. The lowest BCUT2D eigenvalue weighted by atomic mass is 10.2. The highest BCUT2D eigenvalue weighted by Crippen LogP contribution is 2.30. The predicted octanol–water partition coefficient (Wildman–Crippen LogP) is 1.97. The summed E-state index contributed by atoms with van der Waals surface area (Å²) in [5.74, 6) is 0.684. The molecule has 1 fully saturated rings. The molecule has 0 spiro atoms. The van der Waals surface area contributed by atoms with Crippen molar-refractivity contribution in [2.75, 3.05) is 20.1 Å². The zero-order chi connectivity index (χ0) is 12.3. The minimum atomic E-state index is 0.340. The van der Waals surface area contributed by atoms with E-state index >= 15 is 0 Å². The second kappa shape index (κ2) is 5.67. The molecular weight excluding hydrogens is 200 g/mol. The van der Waals surface area contributed by atoms with Gasteiger partial charge in [0, 0.05) is 38.1 Å². The van der Waals surface area contributed by atoms with Crippen LogP contribution in [-0.4, -0.2) is 47.9 Å². The van der Waals surface area contributed by atoms with E-state index in [0.29, 0.717) is 23.9 Å². The van der Waals surface area contributed by atoms with Crippen LogP contribution in [0, 0.1) is 5.92 Å². The lowest BCUT2D eigenvalue weighted by molar-refractivity contribution is -0.131. The fraction of sp³-hybridized carbons (Fsp3) is 0.923. The number of rotatable bonds is 6. The Bertz CT molecular complexity index is 226. The van der Waals surface area contributed by atoms with E-state index in [2.05, 4.69) is 32.6 Å². The molecule has 1 rings (SSSR count). The summed E-state index contributed by atoms with van der Waals surface area (Å²) >= 11 is 0. The van der Waals surface area contributed by atoms with Crippen LogP contribution < -0.4 is 0 Å². The van der Waals surface area contributed by atoms with Crippen molar-refractivity contribution in [2.24, 2.45) is 5.92 Å². The molecule has 0 heterocycles. The standard InChI is InChI=1S/C13H26N2O/c1-10(2)15(11(3)4)9-8-14(5)13(16)12-6-7-12/h10-12H,6-9H2,1-5H3. The smallest absolute Gasteiger partial charge is 0.225 e. The number of amides is 1. The molecule has 1 aliphatic carbocycles. The summed E-state index contributed by atoms with van der Waals surface area (Å²) in [4.78, 5) is 16.1. The van der Waals surface area contributed by atoms with Crippen LogP contribution in [0.2, 0.25) is 0 Å². The van der Waals surface area contributed by atoms with Gasteiger partial charge < -0.3 is 4.90 Å². The van der Waals surface area contributed by atoms with Crippen LogP contribution in [0.4, 0.5) is 0 Å². The van der Waals surface area contributed by atoms with Crippen molar-refractivity contribution in [3.8, 4) is 0 Å². The fourth-order valence-electron chi connectivity index (χ4n) is 2.13. The highest BCUT2D eigenvalue weighted by Gasteiger charge is 2.32. The maximum Gasteiger partial charge on any atom is 0.225 e. The van der Waals surface area contributed by atoms with Crippen LogP contribution in [-0.2, 0) is 4.79 Å². The zero-order valence-corrected chi connectivity index (χ0v) is 11.4. The van der Waals surface area contributed by atoms with E-state index in [1.807, 2.05) is 11.9 Å². The van der Waals surface area contributed by atoms with Crippen molar-refractivity contribution in [2.45, 2.75) is 52.6 Å². The van der Waals surface area contributed by atoms with Gasteiger partial charge in [0.25, 0.3) is 0 Å². The summed E-state index contributed by atoms with van der Waals surface area (Å²) in [6.45, 7) is 10.7. The Morgan fingerprint density at radius 3 is 2.00 bits per heavy atom. The van der Waals surface area contributed by atoms with Gasteiger partial charge >= 0.3 is 0 Å². The summed E-state index contributed by atoms with van der Waals surface area (Å²) in [6.07, 6.45) is 2.20. The van der Waals surface area contributed by atoms with Crippen molar-refractivity contribution < 1.29 is 4.79 Å². The Balaban J connectivity index is 2.33. The Kier molecular flexibility index (Phi) is 4.78. The number of carbonyl (C=O) groups excluding carboxylic acids is 1. The predicted molar refractivity (Wildman–Crippen MR) is 67.3 cm³/mol. The van der Waals surface area contributed by atoms with Gasteiger partial charge in [0.2, 0.25) is 5.91 Å². The number of carbonyl (C=O) groups is 1. The van der Waals surface area contributed by atoms with E-state index in [-0.39, 0.29) is 0 Å². The first-order valence-electron chi connectivity index (χ1n) is 6.44. The molecule has 0 saturated heterocycles. The highest BCUT2D eigenvalue weighted by atomic mass is 16.2. The Morgan fingerprint density at radius 1 is 1.12 bits per heavy atom. The lowest BCUT2D eigenvalue weighted by Gasteiger charge is -2.32. The molecule has 16 heavy (non-hydrogen) atoms. The average molecular weight is 226 g/mol. The van der Waals surface area contributed by atoms with Crippen molar-refractivity contribution in [1.29, 1.82) is 0 Å². The topological polar surface area (TPSA) is 23.6 Å². The molecular formula is C13H26N2O. The van der Waals surface area contributed by atoms with Crippen molar-refractivity contribution in [3.63, 3.8) is 0 Å². The van der Waals surface area contributed by atoms with Gasteiger partial charge in [-0.25, -0.2) is 0 Å². The minimum absolute atomic E-state index is 0.340. The Labute approximate surface area is 99.8 Å². The van der Waals surface area contributed by atoms with Crippen LogP contribution in [0.3, 0.4) is 0 Å². The molecule has 1 aliphatic rings. The van der Waals surface area contributed by atoms with Gasteiger partial charge in [0.1, 0.15) is 0 Å². The molecule has 3 heteroatoms. The van der Waals surface area contributed by atoms with Crippen LogP contribution in [0.15, 0.2) is 0 Å². The molecule has 3 nitrogen and oxygen atoms in total. The molecule has 0 aromatic rings. The summed E-state index contributed by atoms with van der Waals surface area (Å²) in [5, 5.41) is 0. The molecule has 1 amide bonds. The fourth-order valence-corrected chi connectivity index (χ4v) is 2.13. The maximum atomic E-state index is 11.8. The summed E-state index contributed by atoms with van der Waals surface area (Å²) < 4.78 is 0. The van der Waals surface area contributed by atoms with Crippen LogP contribution in [0.1, 0.15) is 40.5 Å². The van der Waals surface area contributed by atoms with Gasteiger partial charge in [0.05, 0.1) is 0 Å². The Hall–Kier alpha value is -0.570. The molecule has 0 aliphatic heterocycles. The molecule has 0 radical (unpaired) electrons. The van der Waals surface area contributed by atoms with Crippen LogP contribution >= 0.6 is 0 Å². The minimum Gasteiger partial charge on any atom is -0.344 e. The quantitative estimate of drug-likeness (QED) is 0.691. The van der Waals surface area contributed by atoms with Crippen LogP contribution in [0.25, 0.3) is 0 Å². The zero-order valence-electron chi connectivity index (χ0n) is 11.4. The average Bonchev–Trinajstić information content (AvgIpc) is 2.98. The van der Waals surface area contributed by atoms with Gasteiger partial charge in [-0.1, -0.05) is 0 Å². The molecule has 94 valence electrons. The van der Waals surface area contributed by atoms with E-state index in [0.717, 1.165) is 25.9 Å². The second-order valence-electron chi connectivity index (χ2n) is 5.46. The number of nitrogens with zero attached hydrogens (tertiary/aromatic N) is 2. The first-order valence-corrected chi connectivity index (χ1v) is 6.44. The highest BCUT2D eigenvalue weighted by molar-refractivity contribution is 5.80. The molecule has 0 aromatic heterocycles. The lowest BCUT2D eigenvalue weighted by Crippen LogP contribution is -2.43. The van der Waals surface area contributed by atoms with Crippen LogP contribution in [0.5, 0.6) is 0 Å². The SMILES string of the molecule is CC(C)N(CCN(C)C(=O)C1CC1)C(C)C. The number of hydrogen-bond donors (Lipinski definition) is 0. The third kappa shape index (κ3) is 3.78. The van der Waals surface area contributed by atoms with Gasteiger partial charge in [0.15, 0.2) is 0 Å². The third-order valence-electron chi connectivity index (χ3n) is 3.32. The first-order chi connectivity index (χ1) is 7.43. The summed E-state index contributed by atoms with van der Waals surface area (Å²) in [5.41, 5.74) is 0. The monoisotopic (exact) mass is 226 g/mol. The molecule has 0 bridgehead atoms. The summed E-state index contributed by atoms with van der Waals surface area (Å²) in [7, 11) is 1.93. The molecule has 1 saturated carbocycles. The molecule has 0 aromatic carbocycles. The van der Waals surface area contributed by atoms with Gasteiger partial charge in [-0.15, -0.1) is 0 Å². The van der Waals surface area contributed by atoms with E-state index < -0.39 is 0 Å². The first kappa shape index (κ1) is 13.5. The van der Waals surface area contributed by atoms with E-state index in [4.69, 9.17) is 0 Å². The normalized spacial score (nSPS) is 16.2. The van der Waals surface area contributed by atoms with Gasteiger partial charge in [-0.05, 0) is 40.5 Å². The van der Waals surface area contributed by atoms with E-state index in [1.54, 1.807) is 0 Å².